The van der Waals surface area contributed by atoms with E-state index < -0.39 is 6.10 Å². The summed E-state index contributed by atoms with van der Waals surface area (Å²) in [6, 6.07) is 22.0. The third-order valence-electron chi connectivity index (χ3n) is 4.37. The number of nitrogens with zero attached hydrogens (tertiary/aromatic N) is 1. The minimum absolute atomic E-state index is 0.248. The molecule has 3 aromatic carbocycles. The maximum Gasteiger partial charge on any atom is 0.119 e. The number of para-hydroxylation sites is 1. The van der Waals surface area contributed by atoms with Crippen molar-refractivity contribution in [1.29, 1.82) is 0 Å². The van der Waals surface area contributed by atoms with Crippen LogP contribution in [0, 0.1) is 0 Å². The summed E-state index contributed by atoms with van der Waals surface area (Å²) in [5.41, 5.74) is 2.19. The van der Waals surface area contributed by atoms with Crippen molar-refractivity contribution in [2.75, 3.05) is 6.61 Å². The molecule has 0 spiro atoms. The second kappa shape index (κ2) is 7.43. The normalized spacial score (nSPS) is 12.6. The van der Waals surface area contributed by atoms with Gasteiger partial charge in [-0.05, 0) is 48.5 Å². The summed E-state index contributed by atoms with van der Waals surface area (Å²) in [6.45, 7) is 0.717. The number of halogens is 2. The molecule has 1 heterocycles. The fraction of sp³-hybridized carbons (Fsp3) is 0.143. The lowest BCUT2D eigenvalue weighted by atomic mass is 10.2. The van der Waals surface area contributed by atoms with Crippen LogP contribution in [-0.2, 0) is 6.54 Å². The van der Waals surface area contributed by atoms with Crippen LogP contribution in [0.1, 0.15) is 0 Å². The molecule has 5 heteroatoms. The van der Waals surface area contributed by atoms with Crippen molar-refractivity contribution in [3.63, 3.8) is 0 Å². The molecule has 4 aromatic rings. The fourth-order valence-electron chi connectivity index (χ4n) is 3.22. The molecule has 1 N–H and O–H groups in total. The van der Waals surface area contributed by atoms with E-state index in [9.17, 15) is 5.11 Å². The predicted molar refractivity (Wildman–Crippen MR) is 113 cm³/mol. The maximum absolute atomic E-state index is 10.5. The third-order valence-corrected chi connectivity index (χ3v) is 5.35. The third kappa shape index (κ3) is 3.52. The largest absolute Gasteiger partial charge is 0.491 e. The monoisotopic (exact) mass is 473 g/mol. The standard InChI is InChI=1S/C21H17Br2NO2/c22-14-6-8-20-18(10-14)19-11-15(23)7-9-21(19)24(20)12-16(25)13-26-17-4-2-1-3-5-17/h1-11,16,25H,12-13H2/t16-/m1/s1. The van der Waals surface area contributed by atoms with Crippen molar-refractivity contribution < 1.29 is 9.84 Å². The summed E-state index contributed by atoms with van der Waals surface area (Å²) < 4.78 is 9.93. The highest BCUT2D eigenvalue weighted by molar-refractivity contribution is 9.10. The Balaban J connectivity index is 1.66. The second-order valence-corrected chi connectivity index (χ2v) is 8.04. The number of hydrogen-bond donors (Lipinski definition) is 1. The van der Waals surface area contributed by atoms with Crippen LogP contribution in [0.3, 0.4) is 0 Å². The first-order chi connectivity index (χ1) is 12.6. The van der Waals surface area contributed by atoms with Crippen molar-refractivity contribution in [1.82, 2.24) is 4.57 Å². The van der Waals surface area contributed by atoms with E-state index in [1.54, 1.807) is 0 Å². The van der Waals surface area contributed by atoms with E-state index in [1.807, 2.05) is 42.5 Å². The first-order valence-electron chi connectivity index (χ1n) is 8.35. The van der Waals surface area contributed by atoms with Crippen LogP contribution in [0.4, 0.5) is 0 Å². The van der Waals surface area contributed by atoms with E-state index >= 15 is 0 Å². The number of ether oxygens (including phenoxy) is 1. The van der Waals surface area contributed by atoms with E-state index in [-0.39, 0.29) is 6.61 Å². The smallest absolute Gasteiger partial charge is 0.119 e. The summed E-state index contributed by atoms with van der Waals surface area (Å²) >= 11 is 7.11. The molecule has 0 saturated carbocycles. The van der Waals surface area contributed by atoms with Crippen LogP contribution in [0.5, 0.6) is 5.75 Å². The molecule has 0 amide bonds. The Morgan fingerprint density at radius 1 is 0.846 bits per heavy atom. The van der Waals surface area contributed by atoms with E-state index in [0.717, 1.165) is 36.5 Å². The first-order valence-corrected chi connectivity index (χ1v) is 9.93. The molecule has 0 unspecified atom stereocenters. The average molecular weight is 475 g/mol. The van der Waals surface area contributed by atoms with Gasteiger partial charge in [0.25, 0.3) is 0 Å². The van der Waals surface area contributed by atoms with Gasteiger partial charge in [-0.1, -0.05) is 50.1 Å². The number of aliphatic hydroxyl groups excluding tert-OH is 1. The summed E-state index contributed by atoms with van der Waals surface area (Å²) in [4.78, 5) is 0. The SMILES string of the molecule is O[C@@H](COc1ccccc1)Cn1c2ccc(Br)cc2c2cc(Br)ccc21. The summed E-state index contributed by atoms with van der Waals surface area (Å²) in [6.07, 6.45) is -0.610. The first kappa shape index (κ1) is 17.6. The topological polar surface area (TPSA) is 34.4 Å². The number of aromatic nitrogens is 1. The lowest BCUT2D eigenvalue weighted by molar-refractivity contribution is 0.0945. The number of hydrogen-bond acceptors (Lipinski definition) is 2. The maximum atomic E-state index is 10.5. The number of aliphatic hydroxyl groups is 1. The molecule has 4 rings (SSSR count). The van der Waals surface area contributed by atoms with Crippen molar-refractivity contribution in [2.45, 2.75) is 12.6 Å². The lowest BCUT2D eigenvalue weighted by Gasteiger charge is -2.15. The predicted octanol–water partition coefficient (Wildman–Crippen LogP) is 5.76. The van der Waals surface area contributed by atoms with E-state index in [0.29, 0.717) is 6.54 Å². The summed E-state index contributed by atoms with van der Waals surface area (Å²) in [7, 11) is 0. The molecular weight excluding hydrogens is 458 g/mol. The van der Waals surface area contributed by atoms with Gasteiger partial charge < -0.3 is 14.4 Å². The van der Waals surface area contributed by atoms with Gasteiger partial charge in [0.05, 0.1) is 6.54 Å². The molecule has 1 atom stereocenters. The van der Waals surface area contributed by atoms with Crippen LogP contribution >= 0.6 is 31.9 Å². The van der Waals surface area contributed by atoms with Crippen molar-refractivity contribution >= 4 is 53.7 Å². The van der Waals surface area contributed by atoms with Gasteiger partial charge in [-0.2, -0.15) is 0 Å². The van der Waals surface area contributed by atoms with Gasteiger partial charge >= 0.3 is 0 Å². The van der Waals surface area contributed by atoms with E-state index in [2.05, 4.69) is 60.7 Å². The molecule has 0 aliphatic rings. The van der Waals surface area contributed by atoms with Crippen LogP contribution in [-0.4, -0.2) is 22.4 Å². The average Bonchev–Trinajstić information content (AvgIpc) is 2.93. The Labute approximate surface area is 168 Å². The van der Waals surface area contributed by atoms with Crippen molar-refractivity contribution in [3.05, 3.63) is 75.7 Å². The highest BCUT2D eigenvalue weighted by atomic mass is 79.9. The van der Waals surface area contributed by atoms with Crippen LogP contribution in [0.25, 0.3) is 21.8 Å². The minimum atomic E-state index is -0.610. The highest BCUT2D eigenvalue weighted by Gasteiger charge is 2.15. The van der Waals surface area contributed by atoms with Gasteiger partial charge in [-0.3, -0.25) is 0 Å². The summed E-state index contributed by atoms with van der Waals surface area (Å²) in [5, 5.41) is 12.9. The van der Waals surface area contributed by atoms with Gasteiger partial charge in [-0.15, -0.1) is 0 Å². The number of rotatable bonds is 5. The molecule has 0 saturated heterocycles. The molecule has 0 aliphatic heterocycles. The molecule has 26 heavy (non-hydrogen) atoms. The minimum Gasteiger partial charge on any atom is -0.491 e. The Morgan fingerprint density at radius 2 is 1.42 bits per heavy atom. The zero-order valence-electron chi connectivity index (χ0n) is 13.9. The van der Waals surface area contributed by atoms with Crippen LogP contribution in [0.2, 0.25) is 0 Å². The zero-order chi connectivity index (χ0) is 18.1. The van der Waals surface area contributed by atoms with E-state index in [4.69, 9.17) is 4.74 Å². The Bertz CT molecular complexity index is 1000. The fourth-order valence-corrected chi connectivity index (χ4v) is 3.94. The summed E-state index contributed by atoms with van der Waals surface area (Å²) in [5.74, 6) is 0.765. The molecule has 1 aromatic heterocycles. The van der Waals surface area contributed by atoms with Gasteiger partial charge in [0, 0.05) is 30.8 Å². The van der Waals surface area contributed by atoms with Crippen LogP contribution < -0.4 is 4.74 Å². The molecule has 132 valence electrons. The molecule has 0 radical (unpaired) electrons. The Hall–Kier alpha value is -1.82. The van der Waals surface area contributed by atoms with Gasteiger partial charge in [0.15, 0.2) is 0 Å². The van der Waals surface area contributed by atoms with Crippen molar-refractivity contribution in [2.24, 2.45) is 0 Å². The lowest BCUT2D eigenvalue weighted by Crippen LogP contribution is -2.23. The molecule has 0 fully saturated rings. The molecule has 3 nitrogen and oxygen atoms in total. The molecular formula is C21H17Br2NO2. The second-order valence-electron chi connectivity index (χ2n) is 6.21. The van der Waals surface area contributed by atoms with Gasteiger partial charge in [-0.25, -0.2) is 0 Å². The quantitative estimate of drug-likeness (QED) is 0.399. The van der Waals surface area contributed by atoms with E-state index in [1.165, 1.54) is 0 Å². The molecule has 0 aliphatic carbocycles. The van der Waals surface area contributed by atoms with Gasteiger partial charge in [0.1, 0.15) is 18.5 Å². The van der Waals surface area contributed by atoms with Crippen molar-refractivity contribution in [3.8, 4) is 5.75 Å². The van der Waals surface area contributed by atoms with Crippen LogP contribution in [0.15, 0.2) is 75.7 Å². The Morgan fingerprint density at radius 3 is 2.00 bits per heavy atom. The van der Waals surface area contributed by atoms with Gasteiger partial charge in [0.2, 0.25) is 0 Å². The Kier molecular flexibility index (Phi) is 5.02. The number of fused-ring (bicyclic) bond motifs is 3. The highest BCUT2D eigenvalue weighted by Crippen LogP contribution is 2.33. The zero-order valence-corrected chi connectivity index (χ0v) is 17.1. The number of benzene rings is 3. The molecule has 0 bridgehead atoms.